The molecule has 1 heterocycles. The van der Waals surface area contributed by atoms with Gasteiger partial charge in [0.2, 0.25) is 0 Å². The summed E-state index contributed by atoms with van der Waals surface area (Å²) < 4.78 is 0. The van der Waals surface area contributed by atoms with Crippen LogP contribution in [0.1, 0.15) is 56.0 Å². The number of hydrogen-bond donors (Lipinski definition) is 2. The highest BCUT2D eigenvalue weighted by molar-refractivity contribution is 5.94. The minimum absolute atomic E-state index is 0.0310. The van der Waals surface area contributed by atoms with Gasteiger partial charge in [0.05, 0.1) is 0 Å². The summed E-state index contributed by atoms with van der Waals surface area (Å²) >= 11 is 0. The molecule has 1 aliphatic rings. The van der Waals surface area contributed by atoms with Crippen LogP contribution in [-0.4, -0.2) is 25.0 Å². The Kier molecular flexibility index (Phi) is 4.81. The van der Waals surface area contributed by atoms with Crippen LogP contribution in [0.2, 0.25) is 0 Å². The number of nitrogens with one attached hydrogen (secondary N) is 2. The Morgan fingerprint density at radius 2 is 2.00 bits per heavy atom. The monoisotopic (exact) mass is 274 g/mol. The molecule has 0 saturated carbocycles. The van der Waals surface area contributed by atoms with E-state index in [-0.39, 0.29) is 11.3 Å². The molecule has 20 heavy (non-hydrogen) atoms. The van der Waals surface area contributed by atoms with Gasteiger partial charge in [0.1, 0.15) is 0 Å². The Balaban J connectivity index is 1.82. The second-order valence-electron chi connectivity index (χ2n) is 6.67. The van der Waals surface area contributed by atoms with Crippen molar-refractivity contribution in [3.63, 3.8) is 0 Å². The maximum absolute atomic E-state index is 12.0. The largest absolute Gasteiger partial charge is 0.352 e. The molecule has 0 aliphatic carbocycles. The van der Waals surface area contributed by atoms with Crippen LogP contribution < -0.4 is 10.6 Å². The first-order valence-corrected chi connectivity index (χ1v) is 7.59. The van der Waals surface area contributed by atoms with Gasteiger partial charge in [-0.1, -0.05) is 32.9 Å². The van der Waals surface area contributed by atoms with Crippen molar-refractivity contribution < 1.29 is 4.79 Å². The lowest BCUT2D eigenvalue weighted by atomic mass is 9.87. The lowest BCUT2D eigenvalue weighted by molar-refractivity contribution is 0.0952. The van der Waals surface area contributed by atoms with Crippen LogP contribution in [0, 0.1) is 0 Å². The molecule has 3 nitrogen and oxygen atoms in total. The molecule has 1 fully saturated rings. The van der Waals surface area contributed by atoms with E-state index in [2.05, 4.69) is 31.4 Å². The lowest BCUT2D eigenvalue weighted by Gasteiger charge is -2.19. The van der Waals surface area contributed by atoms with Gasteiger partial charge in [-0.05, 0) is 48.9 Å². The van der Waals surface area contributed by atoms with E-state index in [1.807, 2.05) is 24.3 Å². The first-order chi connectivity index (χ1) is 9.47. The van der Waals surface area contributed by atoms with Crippen molar-refractivity contribution in [2.24, 2.45) is 0 Å². The normalized spacial score (nSPS) is 19.1. The number of carbonyl (C=O) groups is 1. The molecule has 110 valence electrons. The molecule has 1 amide bonds. The Bertz CT molecular complexity index is 439. The minimum Gasteiger partial charge on any atom is -0.352 e. The molecule has 0 radical (unpaired) electrons. The van der Waals surface area contributed by atoms with E-state index in [1.54, 1.807) is 0 Å². The quantitative estimate of drug-likeness (QED) is 0.886. The smallest absolute Gasteiger partial charge is 0.251 e. The molecule has 1 aromatic rings. The SMILES string of the molecule is CC(C)(C)c1ccc(C(=O)NCC[C@@H]2CCCN2)cc1. The summed E-state index contributed by atoms with van der Waals surface area (Å²) in [4.78, 5) is 12.0. The van der Waals surface area contributed by atoms with Crippen LogP contribution >= 0.6 is 0 Å². The van der Waals surface area contributed by atoms with E-state index < -0.39 is 0 Å². The van der Waals surface area contributed by atoms with Gasteiger partial charge in [-0.15, -0.1) is 0 Å². The van der Waals surface area contributed by atoms with Crippen LogP contribution in [0.25, 0.3) is 0 Å². The van der Waals surface area contributed by atoms with Crippen LogP contribution in [0.3, 0.4) is 0 Å². The first kappa shape index (κ1) is 15.0. The highest BCUT2D eigenvalue weighted by atomic mass is 16.1. The van der Waals surface area contributed by atoms with Crippen molar-refractivity contribution in [1.29, 1.82) is 0 Å². The molecular weight excluding hydrogens is 248 g/mol. The van der Waals surface area contributed by atoms with Gasteiger partial charge in [-0.3, -0.25) is 4.79 Å². The van der Waals surface area contributed by atoms with Crippen molar-refractivity contribution in [2.45, 2.75) is 51.5 Å². The zero-order valence-electron chi connectivity index (χ0n) is 12.8. The molecular formula is C17H26N2O. The number of carbonyl (C=O) groups excluding carboxylic acids is 1. The van der Waals surface area contributed by atoms with Crippen LogP contribution in [0.4, 0.5) is 0 Å². The Morgan fingerprint density at radius 3 is 2.55 bits per heavy atom. The zero-order valence-corrected chi connectivity index (χ0v) is 12.8. The van der Waals surface area contributed by atoms with Gasteiger partial charge in [-0.2, -0.15) is 0 Å². The Labute approximate surface area is 122 Å². The highest BCUT2D eigenvalue weighted by Crippen LogP contribution is 2.22. The van der Waals surface area contributed by atoms with Gasteiger partial charge < -0.3 is 10.6 Å². The molecule has 1 saturated heterocycles. The topological polar surface area (TPSA) is 41.1 Å². The third kappa shape index (κ3) is 4.07. The average molecular weight is 274 g/mol. The van der Waals surface area contributed by atoms with E-state index >= 15 is 0 Å². The van der Waals surface area contributed by atoms with Gasteiger partial charge in [-0.25, -0.2) is 0 Å². The zero-order chi connectivity index (χ0) is 14.6. The fourth-order valence-electron chi connectivity index (χ4n) is 2.59. The van der Waals surface area contributed by atoms with Gasteiger partial charge >= 0.3 is 0 Å². The summed E-state index contributed by atoms with van der Waals surface area (Å²) in [5, 5.41) is 6.45. The molecule has 1 atom stereocenters. The van der Waals surface area contributed by atoms with E-state index in [9.17, 15) is 4.79 Å². The third-order valence-corrected chi connectivity index (χ3v) is 3.95. The van der Waals surface area contributed by atoms with E-state index in [4.69, 9.17) is 0 Å². The summed E-state index contributed by atoms with van der Waals surface area (Å²) in [5.74, 6) is 0.0310. The van der Waals surface area contributed by atoms with Crippen molar-refractivity contribution in [3.8, 4) is 0 Å². The molecule has 2 rings (SSSR count). The van der Waals surface area contributed by atoms with Crippen molar-refractivity contribution in [1.82, 2.24) is 10.6 Å². The van der Waals surface area contributed by atoms with Gasteiger partial charge in [0.25, 0.3) is 5.91 Å². The number of benzene rings is 1. The molecule has 1 aromatic carbocycles. The second-order valence-corrected chi connectivity index (χ2v) is 6.67. The van der Waals surface area contributed by atoms with Gasteiger partial charge in [0.15, 0.2) is 0 Å². The van der Waals surface area contributed by atoms with Crippen molar-refractivity contribution in [3.05, 3.63) is 35.4 Å². The summed E-state index contributed by atoms with van der Waals surface area (Å²) in [6.07, 6.45) is 3.51. The number of hydrogen-bond acceptors (Lipinski definition) is 2. The molecule has 0 unspecified atom stereocenters. The number of rotatable bonds is 4. The Morgan fingerprint density at radius 1 is 1.30 bits per heavy atom. The summed E-state index contributed by atoms with van der Waals surface area (Å²) in [7, 11) is 0. The molecule has 0 bridgehead atoms. The molecule has 0 aromatic heterocycles. The van der Waals surface area contributed by atoms with Crippen LogP contribution in [0.5, 0.6) is 0 Å². The Hall–Kier alpha value is -1.35. The predicted molar refractivity (Wildman–Crippen MR) is 83.1 cm³/mol. The predicted octanol–water partition coefficient (Wildman–Crippen LogP) is 2.86. The maximum Gasteiger partial charge on any atom is 0.251 e. The standard InChI is InChI=1S/C17H26N2O/c1-17(2,3)14-8-6-13(7-9-14)16(20)19-12-10-15-5-4-11-18-15/h6-9,15,18H,4-5,10-12H2,1-3H3,(H,19,20)/t15-/m0/s1. The first-order valence-electron chi connectivity index (χ1n) is 7.59. The molecule has 3 heteroatoms. The summed E-state index contributed by atoms with van der Waals surface area (Å²) in [5.41, 5.74) is 2.13. The van der Waals surface area contributed by atoms with E-state index in [1.165, 1.54) is 18.4 Å². The lowest BCUT2D eigenvalue weighted by Crippen LogP contribution is -2.30. The van der Waals surface area contributed by atoms with Crippen LogP contribution in [0.15, 0.2) is 24.3 Å². The third-order valence-electron chi connectivity index (χ3n) is 3.95. The number of amides is 1. The van der Waals surface area contributed by atoms with E-state index in [0.717, 1.165) is 25.1 Å². The van der Waals surface area contributed by atoms with E-state index in [0.29, 0.717) is 6.04 Å². The minimum atomic E-state index is 0.0310. The molecule has 2 N–H and O–H groups in total. The van der Waals surface area contributed by atoms with Crippen molar-refractivity contribution in [2.75, 3.05) is 13.1 Å². The maximum atomic E-state index is 12.0. The summed E-state index contributed by atoms with van der Waals surface area (Å²) in [6, 6.07) is 8.52. The second kappa shape index (κ2) is 6.40. The molecule has 1 aliphatic heterocycles. The van der Waals surface area contributed by atoms with Crippen molar-refractivity contribution >= 4 is 5.91 Å². The average Bonchev–Trinajstić information content (AvgIpc) is 2.91. The molecule has 0 spiro atoms. The van der Waals surface area contributed by atoms with Gasteiger partial charge in [0, 0.05) is 18.2 Å². The highest BCUT2D eigenvalue weighted by Gasteiger charge is 2.15. The fourth-order valence-corrected chi connectivity index (χ4v) is 2.59. The fraction of sp³-hybridized carbons (Fsp3) is 0.588. The van der Waals surface area contributed by atoms with Crippen LogP contribution in [-0.2, 0) is 5.41 Å². The summed E-state index contributed by atoms with van der Waals surface area (Å²) in [6.45, 7) is 8.40.